The highest BCUT2D eigenvalue weighted by atomic mass is 16.1. The van der Waals surface area contributed by atoms with Gasteiger partial charge in [-0.15, -0.1) is 0 Å². The van der Waals surface area contributed by atoms with Crippen LogP contribution in [0.15, 0.2) is 0 Å². The molecule has 0 spiro atoms. The first-order valence-electron chi connectivity index (χ1n) is 6.65. The Hall–Kier alpha value is -0.570. The normalized spacial score (nSPS) is 21.4. The van der Waals surface area contributed by atoms with Crippen molar-refractivity contribution < 1.29 is 4.79 Å². The highest BCUT2D eigenvalue weighted by molar-refractivity contribution is 5.78. The molecule has 0 aromatic carbocycles. The van der Waals surface area contributed by atoms with Crippen LogP contribution < -0.4 is 11.1 Å². The molecule has 0 aliphatic heterocycles. The smallest absolute Gasteiger partial charge is 0.223 e. The van der Waals surface area contributed by atoms with E-state index in [-0.39, 0.29) is 11.8 Å². The van der Waals surface area contributed by atoms with E-state index in [9.17, 15) is 4.79 Å². The summed E-state index contributed by atoms with van der Waals surface area (Å²) in [4.78, 5) is 11.8. The van der Waals surface area contributed by atoms with E-state index in [1.165, 1.54) is 32.1 Å². The van der Waals surface area contributed by atoms with Crippen molar-refractivity contribution in [2.45, 2.75) is 58.4 Å². The van der Waals surface area contributed by atoms with Gasteiger partial charge in [-0.3, -0.25) is 4.79 Å². The van der Waals surface area contributed by atoms with Crippen molar-refractivity contribution in [3.63, 3.8) is 0 Å². The van der Waals surface area contributed by atoms with E-state index in [4.69, 9.17) is 5.73 Å². The molecule has 1 amide bonds. The molecule has 2 atom stereocenters. The summed E-state index contributed by atoms with van der Waals surface area (Å²) in [6.07, 6.45) is 7.33. The average Bonchev–Trinajstić information content (AvgIpc) is 2.30. The zero-order chi connectivity index (χ0) is 12.0. The van der Waals surface area contributed by atoms with Crippen molar-refractivity contribution in [3.05, 3.63) is 0 Å². The summed E-state index contributed by atoms with van der Waals surface area (Å²) < 4.78 is 0. The first-order valence-corrected chi connectivity index (χ1v) is 6.65. The summed E-state index contributed by atoms with van der Waals surface area (Å²) in [7, 11) is 0. The summed E-state index contributed by atoms with van der Waals surface area (Å²) in [6, 6.07) is 0.327. The second kappa shape index (κ2) is 6.89. The number of amides is 1. The van der Waals surface area contributed by atoms with Crippen LogP contribution in [0, 0.1) is 11.8 Å². The summed E-state index contributed by atoms with van der Waals surface area (Å²) in [5, 5.41) is 3.14. The minimum absolute atomic E-state index is 0.0519. The molecule has 0 saturated heterocycles. The van der Waals surface area contributed by atoms with Crippen LogP contribution in [0.25, 0.3) is 0 Å². The lowest BCUT2D eigenvalue weighted by atomic mass is 9.84. The van der Waals surface area contributed by atoms with Gasteiger partial charge in [0.15, 0.2) is 0 Å². The van der Waals surface area contributed by atoms with Crippen LogP contribution in [0.2, 0.25) is 0 Å². The monoisotopic (exact) mass is 226 g/mol. The van der Waals surface area contributed by atoms with Gasteiger partial charge in [-0.05, 0) is 38.6 Å². The van der Waals surface area contributed by atoms with Crippen molar-refractivity contribution in [1.82, 2.24) is 5.32 Å². The number of hydrogen-bond acceptors (Lipinski definition) is 2. The molecule has 94 valence electrons. The molecule has 0 radical (unpaired) electrons. The molecule has 0 bridgehead atoms. The fourth-order valence-corrected chi connectivity index (χ4v) is 2.50. The Morgan fingerprint density at radius 3 is 2.50 bits per heavy atom. The third-order valence-electron chi connectivity index (χ3n) is 3.77. The Kier molecular flexibility index (Phi) is 5.81. The SMILES string of the molecule is CC(CCN)C(=O)N[C@H](C)C1CCCCC1. The topological polar surface area (TPSA) is 55.1 Å². The van der Waals surface area contributed by atoms with E-state index in [1.807, 2.05) is 6.92 Å². The van der Waals surface area contributed by atoms with Gasteiger partial charge in [0.05, 0.1) is 0 Å². The van der Waals surface area contributed by atoms with E-state index in [1.54, 1.807) is 0 Å². The highest BCUT2D eigenvalue weighted by Gasteiger charge is 2.22. The zero-order valence-corrected chi connectivity index (χ0v) is 10.7. The van der Waals surface area contributed by atoms with Crippen LogP contribution in [0.4, 0.5) is 0 Å². The van der Waals surface area contributed by atoms with Gasteiger partial charge in [0.25, 0.3) is 0 Å². The standard InChI is InChI=1S/C13H26N2O/c1-10(8-9-14)13(16)15-11(2)12-6-4-3-5-7-12/h10-12H,3-9,14H2,1-2H3,(H,15,16)/t10?,11-/m1/s1. The van der Waals surface area contributed by atoms with E-state index < -0.39 is 0 Å². The Bertz CT molecular complexity index is 212. The van der Waals surface area contributed by atoms with Crippen LogP contribution in [-0.2, 0) is 4.79 Å². The van der Waals surface area contributed by atoms with Crippen LogP contribution in [0.5, 0.6) is 0 Å². The van der Waals surface area contributed by atoms with Crippen molar-refractivity contribution in [3.8, 4) is 0 Å². The van der Waals surface area contributed by atoms with Gasteiger partial charge in [0.2, 0.25) is 5.91 Å². The van der Waals surface area contributed by atoms with E-state index in [0.717, 1.165) is 6.42 Å². The van der Waals surface area contributed by atoms with Crippen molar-refractivity contribution in [1.29, 1.82) is 0 Å². The Balaban J connectivity index is 2.31. The maximum absolute atomic E-state index is 11.8. The lowest BCUT2D eigenvalue weighted by Gasteiger charge is -2.29. The molecule has 1 rings (SSSR count). The fourth-order valence-electron chi connectivity index (χ4n) is 2.50. The van der Waals surface area contributed by atoms with Gasteiger partial charge in [-0.2, -0.15) is 0 Å². The molecule has 3 N–H and O–H groups in total. The van der Waals surface area contributed by atoms with Gasteiger partial charge in [0.1, 0.15) is 0 Å². The third-order valence-corrected chi connectivity index (χ3v) is 3.77. The van der Waals surface area contributed by atoms with Gasteiger partial charge < -0.3 is 11.1 Å². The Morgan fingerprint density at radius 2 is 1.94 bits per heavy atom. The molecule has 0 heterocycles. The molecular formula is C13H26N2O. The lowest BCUT2D eigenvalue weighted by Crippen LogP contribution is -2.41. The van der Waals surface area contributed by atoms with Crippen LogP contribution >= 0.6 is 0 Å². The quantitative estimate of drug-likeness (QED) is 0.754. The summed E-state index contributed by atoms with van der Waals surface area (Å²) in [5.74, 6) is 0.905. The average molecular weight is 226 g/mol. The molecule has 1 aliphatic carbocycles. The second-order valence-corrected chi connectivity index (χ2v) is 5.17. The minimum atomic E-state index is 0.0519. The minimum Gasteiger partial charge on any atom is -0.353 e. The number of rotatable bonds is 5. The molecule has 3 heteroatoms. The molecule has 1 unspecified atom stereocenters. The van der Waals surface area contributed by atoms with Gasteiger partial charge >= 0.3 is 0 Å². The molecule has 1 fully saturated rings. The zero-order valence-electron chi connectivity index (χ0n) is 10.7. The highest BCUT2D eigenvalue weighted by Crippen LogP contribution is 2.26. The van der Waals surface area contributed by atoms with E-state index >= 15 is 0 Å². The predicted molar refractivity (Wildman–Crippen MR) is 67.0 cm³/mol. The van der Waals surface area contributed by atoms with Gasteiger partial charge in [0, 0.05) is 12.0 Å². The summed E-state index contributed by atoms with van der Waals surface area (Å²) >= 11 is 0. The van der Waals surface area contributed by atoms with Crippen molar-refractivity contribution in [2.75, 3.05) is 6.54 Å². The Morgan fingerprint density at radius 1 is 1.31 bits per heavy atom. The number of nitrogens with one attached hydrogen (secondary N) is 1. The Labute approximate surface area is 99.2 Å². The molecular weight excluding hydrogens is 200 g/mol. The molecule has 1 saturated carbocycles. The number of hydrogen-bond donors (Lipinski definition) is 2. The van der Waals surface area contributed by atoms with E-state index in [0.29, 0.717) is 18.5 Å². The van der Waals surface area contributed by atoms with Crippen LogP contribution in [0.1, 0.15) is 52.4 Å². The number of nitrogens with two attached hydrogens (primary N) is 1. The van der Waals surface area contributed by atoms with Crippen LogP contribution in [-0.4, -0.2) is 18.5 Å². The lowest BCUT2D eigenvalue weighted by molar-refractivity contribution is -0.125. The van der Waals surface area contributed by atoms with Crippen molar-refractivity contribution in [2.24, 2.45) is 17.6 Å². The number of carbonyl (C=O) groups excluding carboxylic acids is 1. The molecule has 16 heavy (non-hydrogen) atoms. The maximum Gasteiger partial charge on any atom is 0.223 e. The second-order valence-electron chi connectivity index (χ2n) is 5.17. The molecule has 0 aromatic heterocycles. The maximum atomic E-state index is 11.8. The first-order chi connectivity index (χ1) is 7.65. The molecule has 0 aromatic rings. The largest absolute Gasteiger partial charge is 0.353 e. The van der Waals surface area contributed by atoms with Gasteiger partial charge in [-0.1, -0.05) is 26.2 Å². The van der Waals surface area contributed by atoms with Crippen LogP contribution in [0.3, 0.4) is 0 Å². The third kappa shape index (κ3) is 4.12. The summed E-state index contributed by atoms with van der Waals surface area (Å²) in [6.45, 7) is 4.69. The predicted octanol–water partition coefficient (Wildman–Crippen LogP) is 2.06. The van der Waals surface area contributed by atoms with E-state index in [2.05, 4.69) is 12.2 Å². The molecule has 1 aliphatic rings. The fraction of sp³-hybridized carbons (Fsp3) is 0.923. The first kappa shape index (κ1) is 13.5. The number of carbonyl (C=O) groups is 1. The molecule has 3 nitrogen and oxygen atoms in total. The van der Waals surface area contributed by atoms with Gasteiger partial charge in [-0.25, -0.2) is 0 Å². The van der Waals surface area contributed by atoms with Crippen molar-refractivity contribution >= 4 is 5.91 Å². The summed E-state index contributed by atoms with van der Waals surface area (Å²) in [5.41, 5.74) is 5.46.